The number of hydrogen-bond acceptors (Lipinski definition) is 5. The van der Waals surface area contributed by atoms with Crippen LogP contribution in [-0.4, -0.2) is 68.9 Å². The average Bonchev–Trinajstić information content (AvgIpc) is 3.46. The summed E-state index contributed by atoms with van der Waals surface area (Å²) >= 11 is 0. The molecule has 1 aromatic carbocycles. The molecule has 5 heterocycles. The predicted molar refractivity (Wildman–Crippen MR) is 120 cm³/mol. The fourth-order valence-electron chi connectivity index (χ4n) is 5.82. The quantitative estimate of drug-likeness (QED) is 0.711. The molecular weight excluding hydrogens is 388 g/mol. The number of aromatic amines is 1. The fourth-order valence-corrected chi connectivity index (χ4v) is 5.82. The number of nitrogens with one attached hydrogen (secondary N) is 1. The first-order valence-electron chi connectivity index (χ1n) is 11.4. The molecule has 0 bridgehead atoms. The minimum Gasteiger partial charge on any atom is -0.351 e. The number of piperidine rings is 1. The highest BCUT2D eigenvalue weighted by atomic mass is 16.2. The highest BCUT2D eigenvalue weighted by Crippen LogP contribution is 2.36. The van der Waals surface area contributed by atoms with Gasteiger partial charge in [-0.25, -0.2) is 9.97 Å². The van der Waals surface area contributed by atoms with Gasteiger partial charge in [-0.05, 0) is 42.9 Å². The van der Waals surface area contributed by atoms with Gasteiger partial charge in [0.1, 0.15) is 17.8 Å². The number of nitrogens with zero attached hydrogens (tertiary/aromatic N) is 5. The molecule has 0 spiro atoms. The molecule has 0 radical (unpaired) electrons. The molecule has 3 aliphatic heterocycles. The molecule has 160 valence electrons. The van der Waals surface area contributed by atoms with Crippen molar-refractivity contribution in [2.24, 2.45) is 0 Å². The number of carbonyl (C=O) groups is 1. The van der Waals surface area contributed by atoms with Crippen molar-refractivity contribution in [3.63, 3.8) is 0 Å². The van der Waals surface area contributed by atoms with E-state index in [1.54, 1.807) is 6.33 Å². The van der Waals surface area contributed by atoms with Crippen LogP contribution in [0.3, 0.4) is 0 Å². The van der Waals surface area contributed by atoms with Crippen LogP contribution in [0.4, 0.5) is 5.82 Å². The van der Waals surface area contributed by atoms with Gasteiger partial charge >= 0.3 is 0 Å². The van der Waals surface area contributed by atoms with E-state index in [-0.39, 0.29) is 11.9 Å². The number of H-pyrrole nitrogens is 1. The average molecular weight is 417 g/mol. The highest BCUT2D eigenvalue weighted by molar-refractivity contribution is 5.87. The van der Waals surface area contributed by atoms with Crippen LogP contribution in [0, 0.1) is 0 Å². The Morgan fingerprint density at radius 3 is 2.87 bits per heavy atom. The van der Waals surface area contributed by atoms with E-state index in [0.717, 1.165) is 68.7 Å². The Kier molecular flexibility index (Phi) is 4.64. The van der Waals surface area contributed by atoms with Crippen LogP contribution >= 0.6 is 0 Å². The third-order valence-corrected chi connectivity index (χ3v) is 7.30. The molecule has 6 rings (SSSR count). The first-order chi connectivity index (χ1) is 15.3. The molecule has 0 aliphatic carbocycles. The van der Waals surface area contributed by atoms with Crippen LogP contribution in [0.25, 0.3) is 11.0 Å². The third kappa shape index (κ3) is 3.28. The van der Waals surface area contributed by atoms with E-state index >= 15 is 0 Å². The van der Waals surface area contributed by atoms with Gasteiger partial charge in [-0.3, -0.25) is 9.69 Å². The maximum Gasteiger partial charge on any atom is 0.237 e. The Bertz CT molecular complexity index is 1110. The predicted octanol–water partition coefficient (Wildman–Crippen LogP) is 2.59. The summed E-state index contributed by atoms with van der Waals surface area (Å²) < 4.78 is 0. The number of carbonyl (C=O) groups excluding carboxylic acids is 1. The summed E-state index contributed by atoms with van der Waals surface area (Å²) in [4.78, 5) is 32.4. The van der Waals surface area contributed by atoms with Gasteiger partial charge in [0, 0.05) is 32.4 Å². The second kappa shape index (κ2) is 7.64. The molecule has 1 N–H and O–H groups in total. The summed E-state index contributed by atoms with van der Waals surface area (Å²) in [7, 11) is 0. The zero-order valence-electron chi connectivity index (χ0n) is 17.7. The standard InChI is InChI=1S/C24H28N6O/c31-22(15-28-12-8-17-4-1-2-5-18(17)14-28)29-11-3-6-20-21(29)9-13-30(20)24-19-7-10-25-23(19)26-16-27-24/h1-2,4-5,7,10,16,20-21H,3,6,8-9,11-15H2,(H,25,26,27)/t20-,21-/m1/s1. The van der Waals surface area contributed by atoms with Crippen LogP contribution in [-0.2, 0) is 17.8 Å². The molecule has 2 aromatic heterocycles. The minimum absolute atomic E-state index is 0.280. The minimum atomic E-state index is 0.280. The summed E-state index contributed by atoms with van der Waals surface area (Å²) in [6.45, 7) is 4.17. The second-order valence-corrected chi connectivity index (χ2v) is 9.01. The number of anilines is 1. The number of aromatic nitrogens is 3. The van der Waals surface area contributed by atoms with E-state index in [1.807, 2.05) is 6.20 Å². The Morgan fingerprint density at radius 1 is 1.03 bits per heavy atom. The van der Waals surface area contributed by atoms with Crippen molar-refractivity contribution >= 4 is 22.8 Å². The van der Waals surface area contributed by atoms with E-state index in [2.05, 4.69) is 60.0 Å². The molecule has 2 saturated heterocycles. The van der Waals surface area contributed by atoms with Gasteiger partial charge in [0.15, 0.2) is 0 Å². The summed E-state index contributed by atoms with van der Waals surface area (Å²) in [5.74, 6) is 1.28. The van der Waals surface area contributed by atoms with Crippen LogP contribution in [0.2, 0.25) is 0 Å². The summed E-state index contributed by atoms with van der Waals surface area (Å²) in [5.41, 5.74) is 3.67. The molecule has 2 fully saturated rings. The number of amides is 1. The van der Waals surface area contributed by atoms with E-state index < -0.39 is 0 Å². The van der Waals surface area contributed by atoms with Crippen LogP contribution in [0.15, 0.2) is 42.9 Å². The Balaban J connectivity index is 1.18. The molecule has 7 heteroatoms. The summed E-state index contributed by atoms with van der Waals surface area (Å²) in [6, 6.07) is 11.3. The Hall–Kier alpha value is -2.93. The van der Waals surface area contributed by atoms with E-state index in [1.165, 1.54) is 11.1 Å². The van der Waals surface area contributed by atoms with E-state index in [0.29, 0.717) is 12.6 Å². The van der Waals surface area contributed by atoms with Crippen molar-refractivity contribution in [3.05, 3.63) is 54.0 Å². The largest absolute Gasteiger partial charge is 0.351 e. The maximum atomic E-state index is 13.4. The number of hydrogen-bond donors (Lipinski definition) is 1. The molecule has 3 aliphatic rings. The van der Waals surface area contributed by atoms with Gasteiger partial charge in [0.25, 0.3) is 0 Å². The van der Waals surface area contributed by atoms with Crippen LogP contribution < -0.4 is 4.90 Å². The molecule has 31 heavy (non-hydrogen) atoms. The van der Waals surface area contributed by atoms with E-state index in [9.17, 15) is 4.79 Å². The van der Waals surface area contributed by atoms with Gasteiger partial charge < -0.3 is 14.8 Å². The van der Waals surface area contributed by atoms with Crippen molar-refractivity contribution in [2.75, 3.05) is 31.1 Å². The topological polar surface area (TPSA) is 68.4 Å². The molecular formula is C24H28N6O. The Labute approximate surface area is 182 Å². The monoisotopic (exact) mass is 416 g/mol. The van der Waals surface area contributed by atoms with Gasteiger partial charge in [-0.15, -0.1) is 0 Å². The molecule has 7 nitrogen and oxygen atoms in total. The number of likely N-dealkylation sites (tertiary alicyclic amines) is 1. The number of fused-ring (bicyclic) bond motifs is 3. The van der Waals surface area contributed by atoms with Gasteiger partial charge in [-0.2, -0.15) is 0 Å². The lowest BCUT2D eigenvalue weighted by Crippen LogP contribution is -2.54. The molecule has 2 atom stereocenters. The highest BCUT2D eigenvalue weighted by Gasteiger charge is 2.43. The first-order valence-corrected chi connectivity index (χ1v) is 11.4. The summed E-state index contributed by atoms with van der Waals surface area (Å²) in [5, 5.41) is 1.07. The lowest BCUT2D eigenvalue weighted by atomic mass is 9.96. The fraction of sp³-hybridized carbons (Fsp3) is 0.458. The molecule has 0 saturated carbocycles. The smallest absolute Gasteiger partial charge is 0.237 e. The van der Waals surface area contributed by atoms with Gasteiger partial charge in [0.2, 0.25) is 5.91 Å². The second-order valence-electron chi connectivity index (χ2n) is 9.01. The van der Waals surface area contributed by atoms with Crippen molar-refractivity contribution in [3.8, 4) is 0 Å². The van der Waals surface area contributed by atoms with Crippen LogP contribution in [0.1, 0.15) is 30.4 Å². The van der Waals surface area contributed by atoms with Crippen molar-refractivity contribution in [2.45, 2.75) is 44.3 Å². The molecule has 3 aromatic rings. The zero-order valence-corrected chi connectivity index (χ0v) is 17.7. The lowest BCUT2D eigenvalue weighted by molar-refractivity contribution is -0.136. The lowest BCUT2D eigenvalue weighted by Gasteiger charge is -2.41. The van der Waals surface area contributed by atoms with Gasteiger partial charge in [0.05, 0.1) is 24.0 Å². The van der Waals surface area contributed by atoms with Crippen molar-refractivity contribution in [1.29, 1.82) is 0 Å². The number of rotatable bonds is 3. The van der Waals surface area contributed by atoms with Crippen LogP contribution in [0.5, 0.6) is 0 Å². The van der Waals surface area contributed by atoms with Crippen molar-refractivity contribution < 1.29 is 4.79 Å². The maximum absolute atomic E-state index is 13.4. The SMILES string of the molecule is O=C(CN1CCc2ccccc2C1)N1CCC[C@@H]2[C@H]1CCN2c1ncnc2[nH]ccc12. The zero-order chi connectivity index (χ0) is 20.8. The molecule has 1 amide bonds. The van der Waals surface area contributed by atoms with Crippen molar-refractivity contribution in [1.82, 2.24) is 24.8 Å². The molecule has 0 unspecified atom stereocenters. The summed E-state index contributed by atoms with van der Waals surface area (Å²) in [6.07, 6.45) is 7.76. The Morgan fingerprint density at radius 2 is 1.94 bits per heavy atom. The van der Waals surface area contributed by atoms with E-state index in [4.69, 9.17) is 0 Å². The first kappa shape index (κ1) is 18.8. The third-order valence-electron chi connectivity index (χ3n) is 7.30. The normalized spacial score (nSPS) is 23.7. The van der Waals surface area contributed by atoms with Gasteiger partial charge in [-0.1, -0.05) is 24.3 Å². The number of benzene rings is 1.